The Morgan fingerprint density at radius 3 is 2.81 bits per heavy atom. The number of fused-ring (bicyclic) bond motifs is 2. The molecule has 3 nitrogen and oxygen atoms in total. The Morgan fingerprint density at radius 2 is 2.04 bits per heavy atom. The van der Waals surface area contributed by atoms with Crippen molar-refractivity contribution in [3.8, 4) is 6.07 Å². The van der Waals surface area contributed by atoms with Crippen LogP contribution in [0, 0.1) is 18.3 Å². The van der Waals surface area contributed by atoms with Gasteiger partial charge in [-0.25, -0.2) is 0 Å². The topological polar surface area (TPSA) is 56.6 Å². The zero-order valence-electron chi connectivity index (χ0n) is 14.8. The van der Waals surface area contributed by atoms with Gasteiger partial charge in [0.15, 0.2) is 0 Å². The molecule has 0 aliphatic heterocycles. The van der Waals surface area contributed by atoms with E-state index in [9.17, 15) is 10.1 Å². The molecule has 3 aromatic rings. The molecule has 1 N–H and O–H groups in total. The number of nitrogens with one attached hydrogen (secondary N) is 1. The molecule has 0 amide bonds. The number of nitrogens with zero attached hydrogens (tertiary/aromatic N) is 1. The van der Waals surface area contributed by atoms with E-state index in [4.69, 9.17) is 0 Å². The minimum absolute atomic E-state index is 0.0801. The fraction of sp³-hybridized carbons (Fsp3) is 0.273. The predicted octanol–water partition coefficient (Wildman–Crippen LogP) is 5.11. The summed E-state index contributed by atoms with van der Waals surface area (Å²) in [7, 11) is 0. The third-order valence-electron chi connectivity index (χ3n) is 5.75. The highest BCUT2D eigenvalue weighted by atomic mass is 79.9. The summed E-state index contributed by atoms with van der Waals surface area (Å²) in [5.41, 5.74) is 4.27. The number of benzene rings is 2. The SMILES string of the molecule is Cc1cc2ccc([C@](C)(C#N)[C@@H]3CCc4ccc(Br)cc43)cc2[nH]c1=O. The van der Waals surface area contributed by atoms with E-state index in [1.165, 1.54) is 11.1 Å². The molecule has 0 saturated heterocycles. The van der Waals surface area contributed by atoms with Gasteiger partial charge in [0.25, 0.3) is 5.56 Å². The zero-order chi connectivity index (χ0) is 18.5. The van der Waals surface area contributed by atoms with Crippen molar-refractivity contribution in [3.05, 3.63) is 79.5 Å². The van der Waals surface area contributed by atoms with Crippen molar-refractivity contribution in [2.75, 3.05) is 0 Å². The van der Waals surface area contributed by atoms with Crippen LogP contribution in [0.2, 0.25) is 0 Å². The van der Waals surface area contributed by atoms with Crippen LogP contribution in [0.15, 0.2) is 51.7 Å². The van der Waals surface area contributed by atoms with Crippen LogP contribution >= 0.6 is 15.9 Å². The summed E-state index contributed by atoms with van der Waals surface area (Å²) < 4.78 is 1.04. The van der Waals surface area contributed by atoms with E-state index in [0.29, 0.717) is 5.56 Å². The lowest BCUT2D eigenvalue weighted by Crippen LogP contribution is -2.27. The van der Waals surface area contributed by atoms with Gasteiger partial charge in [-0.2, -0.15) is 5.26 Å². The monoisotopic (exact) mass is 406 g/mol. The van der Waals surface area contributed by atoms with Crippen molar-refractivity contribution in [2.24, 2.45) is 0 Å². The van der Waals surface area contributed by atoms with Crippen LogP contribution in [0.4, 0.5) is 0 Å². The average molecular weight is 407 g/mol. The third kappa shape index (κ3) is 2.59. The van der Waals surface area contributed by atoms with Gasteiger partial charge in [0.2, 0.25) is 0 Å². The maximum atomic E-state index is 12.0. The number of pyridine rings is 1. The van der Waals surface area contributed by atoms with Crippen molar-refractivity contribution in [3.63, 3.8) is 0 Å². The summed E-state index contributed by atoms with van der Waals surface area (Å²) in [5.74, 6) is 0.134. The first-order chi connectivity index (χ1) is 12.4. The molecule has 1 aliphatic rings. The van der Waals surface area contributed by atoms with Gasteiger partial charge in [-0.3, -0.25) is 4.79 Å². The lowest BCUT2D eigenvalue weighted by Gasteiger charge is -2.30. The largest absolute Gasteiger partial charge is 0.322 e. The normalized spacial score (nSPS) is 18.3. The second-order valence-corrected chi connectivity index (χ2v) is 8.25. The molecule has 4 heteroatoms. The number of hydrogen-bond acceptors (Lipinski definition) is 2. The molecule has 26 heavy (non-hydrogen) atoms. The van der Waals surface area contributed by atoms with Crippen LogP contribution in [0.25, 0.3) is 10.9 Å². The summed E-state index contributed by atoms with van der Waals surface area (Å²) in [6.45, 7) is 3.82. The van der Waals surface area contributed by atoms with Crippen LogP contribution in [0.5, 0.6) is 0 Å². The molecule has 2 aromatic carbocycles. The Labute approximate surface area is 160 Å². The maximum Gasteiger partial charge on any atom is 0.251 e. The van der Waals surface area contributed by atoms with Crippen LogP contribution in [-0.2, 0) is 11.8 Å². The third-order valence-corrected chi connectivity index (χ3v) is 6.24. The second kappa shape index (κ2) is 6.10. The van der Waals surface area contributed by atoms with Gasteiger partial charge < -0.3 is 4.98 Å². The Morgan fingerprint density at radius 1 is 1.23 bits per heavy atom. The Balaban J connectivity index is 1.86. The molecule has 2 atom stereocenters. The summed E-state index contributed by atoms with van der Waals surface area (Å²) in [4.78, 5) is 14.9. The number of H-pyrrole nitrogens is 1. The van der Waals surface area contributed by atoms with E-state index in [0.717, 1.165) is 33.8 Å². The Bertz CT molecular complexity index is 1130. The molecular formula is C22H19BrN2O. The van der Waals surface area contributed by atoms with E-state index < -0.39 is 5.41 Å². The van der Waals surface area contributed by atoms with Crippen molar-refractivity contribution in [2.45, 2.75) is 38.0 Å². The van der Waals surface area contributed by atoms with E-state index in [1.54, 1.807) is 6.92 Å². The van der Waals surface area contributed by atoms with Gasteiger partial charge in [0.1, 0.15) is 0 Å². The highest BCUT2D eigenvalue weighted by Gasteiger charge is 2.41. The first kappa shape index (κ1) is 17.1. The molecule has 0 radical (unpaired) electrons. The van der Waals surface area contributed by atoms with E-state index in [-0.39, 0.29) is 11.5 Å². The first-order valence-electron chi connectivity index (χ1n) is 8.76. The fourth-order valence-corrected chi connectivity index (χ4v) is 4.53. The van der Waals surface area contributed by atoms with Gasteiger partial charge in [-0.05, 0) is 73.0 Å². The number of aryl methyl sites for hydroxylation is 2. The van der Waals surface area contributed by atoms with E-state index in [1.807, 2.05) is 31.2 Å². The van der Waals surface area contributed by atoms with Gasteiger partial charge in [0.05, 0.1) is 11.5 Å². The number of hydrogen-bond donors (Lipinski definition) is 1. The van der Waals surface area contributed by atoms with Crippen LogP contribution in [-0.4, -0.2) is 4.98 Å². The Kier molecular flexibility index (Phi) is 4.00. The number of aromatic nitrogens is 1. The van der Waals surface area contributed by atoms with Crippen molar-refractivity contribution in [1.82, 2.24) is 4.98 Å². The summed E-state index contributed by atoms with van der Waals surface area (Å²) in [5, 5.41) is 11.1. The molecule has 1 aromatic heterocycles. The van der Waals surface area contributed by atoms with E-state index in [2.05, 4.69) is 45.2 Å². The van der Waals surface area contributed by atoms with Gasteiger partial charge in [-0.1, -0.05) is 34.1 Å². The average Bonchev–Trinajstić information content (AvgIpc) is 3.05. The smallest absolute Gasteiger partial charge is 0.251 e. The van der Waals surface area contributed by atoms with Crippen molar-refractivity contribution >= 4 is 26.8 Å². The molecule has 1 aliphatic carbocycles. The maximum absolute atomic E-state index is 12.0. The number of aromatic amines is 1. The minimum Gasteiger partial charge on any atom is -0.322 e. The number of halogens is 1. The molecule has 0 unspecified atom stereocenters. The number of nitriles is 1. The van der Waals surface area contributed by atoms with Crippen molar-refractivity contribution in [1.29, 1.82) is 5.26 Å². The Hall–Kier alpha value is -2.38. The molecule has 4 rings (SSSR count). The lowest BCUT2D eigenvalue weighted by atomic mass is 9.70. The molecule has 130 valence electrons. The number of rotatable bonds is 2. The van der Waals surface area contributed by atoms with Gasteiger partial charge in [-0.15, -0.1) is 0 Å². The van der Waals surface area contributed by atoms with E-state index >= 15 is 0 Å². The molecule has 0 spiro atoms. The lowest BCUT2D eigenvalue weighted by molar-refractivity contribution is 0.469. The molecule has 0 saturated carbocycles. The van der Waals surface area contributed by atoms with Crippen molar-refractivity contribution < 1.29 is 0 Å². The summed E-state index contributed by atoms with van der Waals surface area (Å²) >= 11 is 3.56. The highest BCUT2D eigenvalue weighted by Crippen LogP contribution is 2.47. The molecule has 1 heterocycles. The minimum atomic E-state index is -0.651. The predicted molar refractivity (Wildman–Crippen MR) is 107 cm³/mol. The fourth-order valence-electron chi connectivity index (χ4n) is 4.15. The summed E-state index contributed by atoms with van der Waals surface area (Å²) in [6.07, 6.45) is 1.95. The first-order valence-corrected chi connectivity index (χ1v) is 9.55. The van der Waals surface area contributed by atoms with Crippen LogP contribution in [0.1, 0.15) is 41.5 Å². The quantitative estimate of drug-likeness (QED) is 0.642. The molecule has 0 bridgehead atoms. The second-order valence-electron chi connectivity index (χ2n) is 7.33. The standard InChI is InChI=1S/C22H19BrN2O/c1-13-9-15-3-6-16(10-20(15)25-21(13)26)22(2,12-24)19-8-5-14-4-7-17(23)11-18(14)19/h3-4,6-7,9-11,19H,5,8H2,1-2H3,(H,25,26)/t19-,22+/m1/s1. The highest BCUT2D eigenvalue weighted by molar-refractivity contribution is 9.10. The van der Waals surface area contributed by atoms with Gasteiger partial charge >= 0.3 is 0 Å². The zero-order valence-corrected chi connectivity index (χ0v) is 16.4. The van der Waals surface area contributed by atoms with Crippen LogP contribution < -0.4 is 5.56 Å². The molecular weight excluding hydrogens is 388 g/mol. The van der Waals surface area contributed by atoms with Gasteiger partial charge in [0, 0.05) is 21.5 Å². The molecule has 0 fully saturated rings. The summed E-state index contributed by atoms with van der Waals surface area (Å²) in [6, 6.07) is 16.8. The van der Waals surface area contributed by atoms with Crippen LogP contribution in [0.3, 0.4) is 0 Å².